The number of nitrogens with zero attached hydrogens (tertiary/aromatic N) is 1. The van der Waals surface area contributed by atoms with Gasteiger partial charge in [0.2, 0.25) is 15.9 Å². The molecule has 0 spiro atoms. The summed E-state index contributed by atoms with van der Waals surface area (Å²) in [5, 5.41) is 2.90. The van der Waals surface area contributed by atoms with Gasteiger partial charge in [0.15, 0.2) is 0 Å². The minimum absolute atomic E-state index is 0.0404. The van der Waals surface area contributed by atoms with Gasteiger partial charge in [0.05, 0.1) is 10.9 Å². The van der Waals surface area contributed by atoms with Gasteiger partial charge in [-0.15, -0.1) is 0 Å². The molecule has 1 aromatic carbocycles. The molecule has 1 unspecified atom stereocenters. The molecule has 0 aliphatic carbocycles. The van der Waals surface area contributed by atoms with Crippen molar-refractivity contribution >= 4 is 15.9 Å². The Bertz CT molecular complexity index is 644. The number of sulfonamides is 1. The Labute approximate surface area is 144 Å². The second kappa shape index (κ2) is 8.60. The first-order chi connectivity index (χ1) is 11.4. The molecule has 1 saturated heterocycles. The van der Waals surface area contributed by atoms with Gasteiger partial charge in [-0.2, -0.15) is 0 Å². The number of rotatable bonds is 7. The molecule has 1 aliphatic heterocycles. The van der Waals surface area contributed by atoms with Gasteiger partial charge in [0.1, 0.15) is 0 Å². The largest absolute Gasteiger partial charge is 0.355 e. The summed E-state index contributed by atoms with van der Waals surface area (Å²) in [7, 11) is -1.51. The fourth-order valence-electron chi connectivity index (χ4n) is 2.83. The molecule has 1 aromatic rings. The zero-order valence-corrected chi connectivity index (χ0v) is 15.2. The lowest BCUT2D eigenvalue weighted by Crippen LogP contribution is -2.47. The molecular weight excluding hydrogens is 326 g/mol. The van der Waals surface area contributed by atoms with Crippen LogP contribution in [0.2, 0.25) is 0 Å². The summed E-state index contributed by atoms with van der Waals surface area (Å²) in [6.07, 6.45) is 3.68. The number of hydrogen-bond acceptors (Lipinski definition) is 4. The summed E-state index contributed by atoms with van der Waals surface area (Å²) in [4.78, 5) is 14.5. The summed E-state index contributed by atoms with van der Waals surface area (Å²) >= 11 is 0. The van der Waals surface area contributed by atoms with Gasteiger partial charge in [-0.05, 0) is 51.9 Å². The lowest BCUT2D eigenvalue weighted by molar-refractivity contribution is -0.127. The molecule has 7 heteroatoms. The van der Waals surface area contributed by atoms with Crippen LogP contribution in [0.1, 0.15) is 31.2 Å². The maximum Gasteiger partial charge on any atom is 0.240 e. The Morgan fingerprint density at radius 3 is 2.58 bits per heavy atom. The molecule has 2 rings (SSSR count). The van der Waals surface area contributed by atoms with Gasteiger partial charge in [-0.3, -0.25) is 9.69 Å². The van der Waals surface area contributed by atoms with Crippen molar-refractivity contribution in [3.8, 4) is 0 Å². The summed E-state index contributed by atoms with van der Waals surface area (Å²) < 4.78 is 26.8. The average Bonchev–Trinajstić information content (AvgIpc) is 2.55. The first kappa shape index (κ1) is 18.9. The first-order valence-electron chi connectivity index (χ1n) is 8.44. The number of hydrogen-bond donors (Lipinski definition) is 2. The number of carbonyl (C=O) groups is 1. The normalized spacial score (nSPS) is 19.2. The number of carbonyl (C=O) groups excluding carboxylic acids is 1. The first-order valence-corrected chi connectivity index (χ1v) is 9.93. The number of likely N-dealkylation sites (N-methyl/N-ethyl adjacent to an activating group) is 1. The minimum Gasteiger partial charge on any atom is -0.355 e. The summed E-state index contributed by atoms with van der Waals surface area (Å²) in [6, 6.07) is 6.68. The van der Waals surface area contributed by atoms with Gasteiger partial charge >= 0.3 is 0 Å². The lowest BCUT2D eigenvalue weighted by Gasteiger charge is -2.31. The van der Waals surface area contributed by atoms with Crippen LogP contribution in [0.15, 0.2) is 29.2 Å². The number of piperidine rings is 1. The molecule has 0 saturated carbocycles. The molecule has 1 fully saturated rings. The Hall–Kier alpha value is -1.44. The Balaban J connectivity index is 1.70. The van der Waals surface area contributed by atoms with Gasteiger partial charge < -0.3 is 5.32 Å². The van der Waals surface area contributed by atoms with E-state index in [1.165, 1.54) is 0 Å². The molecule has 2 N–H and O–H groups in total. The topological polar surface area (TPSA) is 78.5 Å². The van der Waals surface area contributed by atoms with Crippen LogP contribution in [0.3, 0.4) is 0 Å². The van der Waals surface area contributed by atoms with E-state index in [-0.39, 0.29) is 16.8 Å². The predicted molar refractivity (Wildman–Crippen MR) is 94.3 cm³/mol. The van der Waals surface area contributed by atoms with Crippen molar-refractivity contribution in [1.82, 2.24) is 14.9 Å². The third-order valence-electron chi connectivity index (χ3n) is 4.35. The second-order valence-corrected chi connectivity index (χ2v) is 8.11. The molecule has 1 atom stereocenters. The molecule has 0 bridgehead atoms. The van der Waals surface area contributed by atoms with Gasteiger partial charge in [0.25, 0.3) is 0 Å². The van der Waals surface area contributed by atoms with Crippen LogP contribution in [0.4, 0.5) is 0 Å². The summed E-state index contributed by atoms with van der Waals surface area (Å²) in [5.41, 5.74) is 1.02. The third-order valence-corrected chi connectivity index (χ3v) is 5.83. The van der Waals surface area contributed by atoms with Crippen LogP contribution >= 0.6 is 0 Å². The molecular formula is C17H27N3O3S. The maximum absolute atomic E-state index is 12.1. The van der Waals surface area contributed by atoms with E-state index in [1.807, 2.05) is 14.0 Å². The van der Waals surface area contributed by atoms with Crippen molar-refractivity contribution in [3.63, 3.8) is 0 Å². The van der Waals surface area contributed by atoms with Crippen molar-refractivity contribution in [2.75, 3.05) is 26.7 Å². The van der Waals surface area contributed by atoms with Gasteiger partial charge in [0, 0.05) is 13.1 Å². The molecule has 0 radical (unpaired) electrons. The fourth-order valence-corrected chi connectivity index (χ4v) is 3.91. The van der Waals surface area contributed by atoms with E-state index in [9.17, 15) is 13.2 Å². The SMILES string of the molecule is Cc1ccc(S(=O)(=O)NCCCNC(=O)C2CCCCN2C)cc1. The highest BCUT2D eigenvalue weighted by Gasteiger charge is 2.25. The van der Waals surface area contributed by atoms with Crippen molar-refractivity contribution < 1.29 is 13.2 Å². The Morgan fingerprint density at radius 1 is 1.21 bits per heavy atom. The summed E-state index contributed by atoms with van der Waals surface area (Å²) in [5.74, 6) is 0.0404. The van der Waals surface area contributed by atoms with Crippen molar-refractivity contribution in [1.29, 1.82) is 0 Å². The van der Waals surface area contributed by atoms with E-state index >= 15 is 0 Å². The van der Waals surface area contributed by atoms with Crippen LogP contribution in [0, 0.1) is 6.92 Å². The van der Waals surface area contributed by atoms with Crippen LogP contribution in [-0.2, 0) is 14.8 Å². The highest BCUT2D eigenvalue weighted by atomic mass is 32.2. The second-order valence-electron chi connectivity index (χ2n) is 6.35. The van der Waals surface area contributed by atoms with Crippen molar-refractivity contribution in [2.24, 2.45) is 0 Å². The van der Waals surface area contributed by atoms with E-state index in [2.05, 4.69) is 14.9 Å². The van der Waals surface area contributed by atoms with E-state index in [4.69, 9.17) is 0 Å². The average molecular weight is 353 g/mol. The predicted octanol–water partition coefficient (Wildman–Crippen LogP) is 1.26. The number of amides is 1. The molecule has 1 amide bonds. The van der Waals surface area contributed by atoms with Gasteiger partial charge in [-0.1, -0.05) is 24.1 Å². The molecule has 0 aromatic heterocycles. The standard InChI is InChI=1S/C17H27N3O3S/c1-14-7-9-15(10-8-14)24(22,23)19-12-5-11-18-17(21)16-6-3-4-13-20(16)2/h7-10,16,19H,3-6,11-13H2,1-2H3,(H,18,21). The van der Waals surface area contributed by atoms with E-state index in [1.54, 1.807) is 24.3 Å². The van der Waals surface area contributed by atoms with Gasteiger partial charge in [-0.25, -0.2) is 13.1 Å². The summed E-state index contributed by atoms with van der Waals surface area (Å²) in [6.45, 7) is 3.64. The van der Waals surface area contributed by atoms with E-state index < -0.39 is 10.0 Å². The number of likely N-dealkylation sites (tertiary alicyclic amines) is 1. The fraction of sp³-hybridized carbons (Fsp3) is 0.588. The van der Waals surface area contributed by atoms with Crippen LogP contribution in [-0.4, -0.2) is 51.9 Å². The maximum atomic E-state index is 12.1. The number of aryl methyl sites for hydroxylation is 1. The molecule has 134 valence electrons. The molecule has 1 aliphatic rings. The van der Waals surface area contributed by atoms with E-state index in [0.29, 0.717) is 19.5 Å². The molecule has 6 nitrogen and oxygen atoms in total. The van der Waals surface area contributed by atoms with E-state index in [0.717, 1.165) is 31.4 Å². The lowest BCUT2D eigenvalue weighted by atomic mass is 10.0. The zero-order chi connectivity index (χ0) is 17.6. The smallest absolute Gasteiger partial charge is 0.240 e. The highest BCUT2D eigenvalue weighted by Crippen LogP contribution is 2.14. The molecule has 24 heavy (non-hydrogen) atoms. The minimum atomic E-state index is -3.48. The quantitative estimate of drug-likeness (QED) is 0.724. The van der Waals surface area contributed by atoms with Crippen LogP contribution in [0.25, 0.3) is 0 Å². The molecule has 1 heterocycles. The van der Waals surface area contributed by atoms with Crippen molar-refractivity contribution in [2.45, 2.75) is 43.5 Å². The van der Waals surface area contributed by atoms with Crippen molar-refractivity contribution in [3.05, 3.63) is 29.8 Å². The Kier molecular flexibility index (Phi) is 6.77. The number of nitrogens with one attached hydrogen (secondary N) is 2. The number of benzene rings is 1. The Morgan fingerprint density at radius 2 is 1.92 bits per heavy atom. The van der Waals surface area contributed by atoms with Crippen LogP contribution in [0.5, 0.6) is 0 Å². The van der Waals surface area contributed by atoms with Crippen LogP contribution < -0.4 is 10.0 Å². The monoisotopic (exact) mass is 353 g/mol. The highest BCUT2D eigenvalue weighted by molar-refractivity contribution is 7.89. The zero-order valence-electron chi connectivity index (χ0n) is 14.4. The third kappa shape index (κ3) is 5.29.